The normalized spacial score (nSPS) is 17.8. The first kappa shape index (κ1) is 20.6. The van der Waals surface area contributed by atoms with Crippen LogP contribution in [0.1, 0.15) is 30.3 Å². The highest BCUT2D eigenvalue weighted by molar-refractivity contribution is 7.19. The molecule has 0 fully saturated rings. The van der Waals surface area contributed by atoms with E-state index in [0.29, 0.717) is 17.7 Å². The zero-order valence-corrected chi connectivity index (χ0v) is 17.9. The van der Waals surface area contributed by atoms with E-state index in [1.807, 2.05) is 36.7 Å². The Morgan fingerprint density at radius 2 is 2.26 bits per heavy atom. The van der Waals surface area contributed by atoms with Gasteiger partial charge in [0.05, 0.1) is 15.9 Å². The smallest absolute Gasteiger partial charge is 0.303 e. The van der Waals surface area contributed by atoms with E-state index in [1.54, 1.807) is 6.92 Å². The van der Waals surface area contributed by atoms with Gasteiger partial charge < -0.3 is 26.5 Å². The molecule has 0 radical (unpaired) electrons. The maximum atomic E-state index is 10.8. The second kappa shape index (κ2) is 8.23. The number of thiazole rings is 1. The molecule has 0 bridgehead atoms. The van der Waals surface area contributed by atoms with Crippen LogP contribution in [-0.2, 0) is 4.79 Å². The lowest BCUT2D eigenvalue weighted by atomic mass is 10.0. The second-order valence-corrected chi connectivity index (χ2v) is 8.43. The van der Waals surface area contributed by atoms with Crippen molar-refractivity contribution in [1.82, 2.24) is 15.2 Å². The molecule has 0 saturated carbocycles. The Morgan fingerprint density at radius 3 is 2.97 bits per heavy atom. The van der Waals surface area contributed by atoms with Crippen LogP contribution in [0.2, 0.25) is 0 Å². The number of nitrogens with two attached hydrogens (primary N) is 1. The Kier molecular flexibility index (Phi) is 5.48. The monoisotopic (exact) mass is 433 g/mol. The van der Waals surface area contributed by atoms with E-state index in [-0.39, 0.29) is 12.6 Å². The lowest BCUT2D eigenvalue weighted by Crippen LogP contribution is -2.33. The predicted octanol–water partition coefficient (Wildman–Crippen LogP) is 4.04. The summed E-state index contributed by atoms with van der Waals surface area (Å²) in [4.78, 5) is 17.6. The Bertz CT molecular complexity index is 1220. The lowest BCUT2D eigenvalue weighted by Gasteiger charge is -2.28. The first-order chi connectivity index (χ1) is 14.9. The number of nitrogens with zero attached hydrogens (tertiary/aromatic N) is 2. The quantitative estimate of drug-likeness (QED) is 0.490. The third-order valence-electron chi connectivity index (χ3n) is 5.21. The fourth-order valence-corrected chi connectivity index (χ4v) is 4.59. The number of aromatic nitrogens is 1. The molecule has 31 heavy (non-hydrogen) atoms. The first-order valence-corrected chi connectivity index (χ1v) is 10.6. The highest BCUT2D eigenvalue weighted by Gasteiger charge is 2.27. The molecule has 0 spiro atoms. The second-order valence-electron chi connectivity index (χ2n) is 7.40. The summed E-state index contributed by atoms with van der Waals surface area (Å²) in [6.07, 6.45) is 9.90. The predicted molar refractivity (Wildman–Crippen MR) is 125 cm³/mol. The largest absolute Gasteiger partial charge is 0.481 e. The van der Waals surface area contributed by atoms with Crippen molar-refractivity contribution < 1.29 is 9.90 Å². The molecule has 1 atom stereocenters. The third kappa shape index (κ3) is 4.02. The average molecular weight is 434 g/mol. The number of allylic oxidation sites excluding steroid dienone is 4. The highest BCUT2D eigenvalue weighted by Crippen LogP contribution is 2.35. The van der Waals surface area contributed by atoms with Gasteiger partial charge in [-0.1, -0.05) is 18.7 Å². The number of carboxylic acids is 1. The average Bonchev–Trinajstić information content (AvgIpc) is 3.35. The zero-order chi connectivity index (χ0) is 22.1. The van der Waals surface area contributed by atoms with Gasteiger partial charge in [-0.05, 0) is 37.1 Å². The molecule has 0 aliphatic carbocycles. The summed E-state index contributed by atoms with van der Waals surface area (Å²) in [6, 6.07) is 6.08. The molecular formula is C23H23N5O2S. The van der Waals surface area contributed by atoms with Crippen LogP contribution in [0.4, 0.5) is 0 Å². The summed E-state index contributed by atoms with van der Waals surface area (Å²) in [6.45, 7) is 5.72. The van der Waals surface area contributed by atoms with Gasteiger partial charge in [-0.2, -0.15) is 0 Å². The van der Waals surface area contributed by atoms with E-state index in [4.69, 9.17) is 16.2 Å². The van der Waals surface area contributed by atoms with Crippen LogP contribution in [-0.4, -0.2) is 32.8 Å². The minimum absolute atomic E-state index is 0.00679. The Labute approximate surface area is 184 Å². The van der Waals surface area contributed by atoms with Gasteiger partial charge in [-0.3, -0.25) is 4.79 Å². The van der Waals surface area contributed by atoms with Gasteiger partial charge in [0.15, 0.2) is 0 Å². The van der Waals surface area contributed by atoms with Crippen molar-refractivity contribution >= 4 is 44.5 Å². The summed E-state index contributed by atoms with van der Waals surface area (Å²) < 4.78 is 1.02. The summed E-state index contributed by atoms with van der Waals surface area (Å²) in [5, 5.41) is 21.0. The van der Waals surface area contributed by atoms with Crippen molar-refractivity contribution in [2.75, 3.05) is 0 Å². The number of fused-ring (bicyclic) bond motifs is 2. The number of rotatable bonds is 7. The van der Waals surface area contributed by atoms with E-state index in [2.05, 4.69) is 27.8 Å². The van der Waals surface area contributed by atoms with Crippen LogP contribution in [0.5, 0.6) is 0 Å². The van der Waals surface area contributed by atoms with Crippen LogP contribution in [0.15, 0.2) is 66.7 Å². The van der Waals surface area contributed by atoms with Crippen molar-refractivity contribution in [3.8, 4) is 0 Å². The maximum Gasteiger partial charge on any atom is 0.303 e. The van der Waals surface area contributed by atoms with Gasteiger partial charge in [0.25, 0.3) is 0 Å². The van der Waals surface area contributed by atoms with Crippen LogP contribution >= 0.6 is 11.3 Å². The number of carbonyl (C=O) groups is 1. The van der Waals surface area contributed by atoms with Gasteiger partial charge in [0, 0.05) is 47.4 Å². The summed E-state index contributed by atoms with van der Waals surface area (Å²) >= 11 is 1.52. The van der Waals surface area contributed by atoms with E-state index in [0.717, 1.165) is 37.6 Å². The number of hydrogen-bond donors (Lipinski definition) is 4. The molecule has 1 aromatic heterocycles. The molecule has 7 nitrogen and oxygen atoms in total. The number of aliphatic carboxylic acids is 1. The van der Waals surface area contributed by atoms with Gasteiger partial charge in [0.1, 0.15) is 11.2 Å². The molecular weight excluding hydrogens is 410 g/mol. The number of carboxylic acid groups (broad SMARTS) is 1. The minimum Gasteiger partial charge on any atom is -0.481 e. The topological polar surface area (TPSA) is 115 Å². The molecule has 1 unspecified atom stereocenters. The first-order valence-electron chi connectivity index (χ1n) is 9.80. The number of hydrogen-bond acceptors (Lipinski definition) is 7. The van der Waals surface area contributed by atoms with Crippen molar-refractivity contribution in [1.29, 1.82) is 5.41 Å². The maximum absolute atomic E-state index is 10.8. The number of benzene rings is 1. The molecule has 2 aromatic rings. The Morgan fingerprint density at radius 1 is 1.45 bits per heavy atom. The standard InChI is InChI=1S/C23H23N5O2S/c1-13(3-8-22(29)30)23-27-18-6-4-15(9-20(18)31-23)19-11-26-21-7-5-16(12-28(19)21)17(10-24)14(2)25/h4-7,9-12,21,25-26H,1,3,8,24H2,2H3,(H,29,30)/b17-10+,25-14?. The van der Waals surface area contributed by atoms with Crippen LogP contribution in [0.25, 0.3) is 21.5 Å². The molecule has 158 valence electrons. The molecule has 3 heterocycles. The van der Waals surface area contributed by atoms with Gasteiger partial charge >= 0.3 is 5.97 Å². The fourth-order valence-electron chi connectivity index (χ4n) is 3.58. The van der Waals surface area contributed by atoms with Crippen LogP contribution < -0.4 is 11.1 Å². The van der Waals surface area contributed by atoms with Gasteiger partial charge in [-0.15, -0.1) is 11.3 Å². The Hall–Kier alpha value is -3.65. The zero-order valence-electron chi connectivity index (χ0n) is 17.1. The molecule has 4 rings (SSSR count). The van der Waals surface area contributed by atoms with Gasteiger partial charge in [-0.25, -0.2) is 4.98 Å². The highest BCUT2D eigenvalue weighted by atomic mass is 32.1. The molecule has 2 aliphatic rings. The van der Waals surface area contributed by atoms with Crippen molar-refractivity contribution in [2.45, 2.75) is 25.9 Å². The molecule has 5 N–H and O–H groups in total. The fraction of sp³-hybridized carbons (Fsp3) is 0.174. The SMILES string of the molecule is C=C(CCC(=O)O)c1nc2ccc(C3=CNC4C=CC(/C(=C/N)C(C)=N)=CN34)cc2s1. The van der Waals surface area contributed by atoms with Crippen molar-refractivity contribution in [2.24, 2.45) is 5.73 Å². The van der Waals surface area contributed by atoms with Crippen molar-refractivity contribution in [3.05, 3.63) is 77.2 Å². The summed E-state index contributed by atoms with van der Waals surface area (Å²) in [5.41, 5.74) is 11.4. The van der Waals surface area contributed by atoms with Crippen LogP contribution in [0.3, 0.4) is 0 Å². The van der Waals surface area contributed by atoms with E-state index in [1.165, 1.54) is 17.5 Å². The van der Waals surface area contributed by atoms with Gasteiger partial charge in [0.2, 0.25) is 0 Å². The molecule has 0 amide bonds. The molecule has 0 saturated heterocycles. The lowest BCUT2D eigenvalue weighted by molar-refractivity contribution is -0.136. The van der Waals surface area contributed by atoms with Crippen LogP contribution in [0, 0.1) is 5.41 Å². The van der Waals surface area contributed by atoms with E-state index in [9.17, 15) is 4.79 Å². The third-order valence-corrected chi connectivity index (χ3v) is 6.33. The summed E-state index contributed by atoms with van der Waals surface area (Å²) in [7, 11) is 0. The van der Waals surface area contributed by atoms with Crippen molar-refractivity contribution in [3.63, 3.8) is 0 Å². The molecule has 2 aliphatic heterocycles. The molecule has 1 aromatic carbocycles. The van der Waals surface area contributed by atoms with E-state index >= 15 is 0 Å². The Balaban J connectivity index is 1.62. The number of nitrogens with one attached hydrogen (secondary N) is 2. The molecule has 8 heteroatoms. The minimum atomic E-state index is -0.839. The summed E-state index contributed by atoms with van der Waals surface area (Å²) in [5.74, 6) is -0.839. The van der Waals surface area contributed by atoms with E-state index < -0.39 is 5.97 Å².